The maximum absolute atomic E-state index is 4.50. The highest BCUT2D eigenvalue weighted by molar-refractivity contribution is 5.43. The van der Waals surface area contributed by atoms with Crippen LogP contribution < -0.4 is 15.5 Å². The molecule has 1 aromatic rings. The molecule has 1 saturated carbocycles. The van der Waals surface area contributed by atoms with Crippen molar-refractivity contribution in [1.29, 1.82) is 0 Å². The van der Waals surface area contributed by atoms with E-state index in [1.807, 2.05) is 25.9 Å². The largest absolute Gasteiger partial charge is 0.354 e. The van der Waals surface area contributed by atoms with Gasteiger partial charge >= 0.3 is 0 Å². The van der Waals surface area contributed by atoms with Crippen LogP contribution in [0.5, 0.6) is 0 Å². The molecule has 1 atom stereocenters. The molecule has 1 aliphatic heterocycles. The first-order chi connectivity index (χ1) is 10.2. The average molecular weight is 291 g/mol. The Balaban J connectivity index is 1.68. The average Bonchev–Trinajstić information content (AvgIpc) is 3.20. The van der Waals surface area contributed by atoms with Crippen molar-refractivity contribution in [2.45, 2.75) is 38.3 Å². The van der Waals surface area contributed by atoms with E-state index in [-0.39, 0.29) is 0 Å². The van der Waals surface area contributed by atoms with Crippen molar-refractivity contribution in [3.63, 3.8) is 0 Å². The van der Waals surface area contributed by atoms with Gasteiger partial charge in [-0.3, -0.25) is 4.90 Å². The molecule has 1 unspecified atom stereocenters. The molecule has 116 valence electrons. The number of nitrogens with one attached hydrogen (secondary N) is 2. The molecular weight excluding hydrogens is 266 g/mol. The van der Waals surface area contributed by atoms with Crippen LogP contribution in [0.1, 0.15) is 26.2 Å². The third-order valence-corrected chi connectivity index (χ3v) is 3.97. The summed E-state index contributed by atoms with van der Waals surface area (Å²) in [6.45, 7) is 5.13. The van der Waals surface area contributed by atoms with E-state index in [0.29, 0.717) is 23.9 Å². The Labute approximate surface area is 126 Å². The van der Waals surface area contributed by atoms with Gasteiger partial charge in [-0.1, -0.05) is 0 Å². The zero-order valence-corrected chi connectivity index (χ0v) is 13.1. The molecule has 1 aromatic heterocycles. The van der Waals surface area contributed by atoms with Crippen LogP contribution >= 0.6 is 0 Å². The quantitative estimate of drug-likeness (QED) is 0.811. The van der Waals surface area contributed by atoms with E-state index in [0.717, 1.165) is 25.6 Å². The number of hydrogen-bond donors (Lipinski definition) is 2. The van der Waals surface area contributed by atoms with Gasteiger partial charge in [0.1, 0.15) is 0 Å². The molecule has 1 aliphatic carbocycles. The van der Waals surface area contributed by atoms with Crippen molar-refractivity contribution in [2.24, 2.45) is 0 Å². The fourth-order valence-electron chi connectivity index (χ4n) is 2.73. The number of likely N-dealkylation sites (tertiary alicyclic amines) is 1. The van der Waals surface area contributed by atoms with Crippen molar-refractivity contribution >= 4 is 17.8 Å². The number of aromatic nitrogens is 3. The Morgan fingerprint density at radius 1 is 1.14 bits per heavy atom. The lowest BCUT2D eigenvalue weighted by atomic mass is 10.3. The molecule has 2 heterocycles. The van der Waals surface area contributed by atoms with Crippen molar-refractivity contribution in [2.75, 3.05) is 49.3 Å². The molecule has 0 spiro atoms. The lowest BCUT2D eigenvalue weighted by Gasteiger charge is -2.17. The molecule has 0 aromatic carbocycles. The summed E-state index contributed by atoms with van der Waals surface area (Å²) in [5.41, 5.74) is 0. The number of nitrogens with zero attached hydrogens (tertiary/aromatic N) is 5. The Bertz CT molecular complexity index is 486. The zero-order valence-electron chi connectivity index (χ0n) is 13.1. The van der Waals surface area contributed by atoms with E-state index >= 15 is 0 Å². The van der Waals surface area contributed by atoms with Crippen LogP contribution in [0.25, 0.3) is 0 Å². The van der Waals surface area contributed by atoms with Crippen LogP contribution in [0, 0.1) is 0 Å². The van der Waals surface area contributed by atoms with Crippen LogP contribution in [0.3, 0.4) is 0 Å². The van der Waals surface area contributed by atoms with E-state index in [9.17, 15) is 0 Å². The van der Waals surface area contributed by atoms with Crippen molar-refractivity contribution < 1.29 is 0 Å². The second kappa shape index (κ2) is 6.01. The standard InChI is InChI=1S/C14H25N7/c1-4-15-12-17-13(19-14(18-12)20(2)3)16-10-7-8-21(9-10)11-5-6-11/h10-11H,4-9H2,1-3H3,(H2,15,16,17,18,19). The number of hydrogen-bond acceptors (Lipinski definition) is 7. The van der Waals surface area contributed by atoms with Gasteiger partial charge in [0, 0.05) is 45.8 Å². The highest BCUT2D eigenvalue weighted by Gasteiger charge is 2.34. The molecule has 0 amide bonds. The van der Waals surface area contributed by atoms with Crippen LogP contribution in [0.4, 0.5) is 17.8 Å². The van der Waals surface area contributed by atoms with E-state index in [2.05, 4.69) is 30.5 Å². The summed E-state index contributed by atoms with van der Waals surface area (Å²) in [5, 5.41) is 6.64. The van der Waals surface area contributed by atoms with Gasteiger partial charge in [0.15, 0.2) is 0 Å². The maximum atomic E-state index is 4.50. The Morgan fingerprint density at radius 2 is 1.90 bits per heavy atom. The van der Waals surface area contributed by atoms with Gasteiger partial charge in [0.05, 0.1) is 0 Å². The molecule has 2 aliphatic rings. The third-order valence-electron chi connectivity index (χ3n) is 3.97. The molecular formula is C14H25N7. The van der Waals surface area contributed by atoms with Gasteiger partial charge in [-0.2, -0.15) is 15.0 Å². The summed E-state index contributed by atoms with van der Waals surface area (Å²) < 4.78 is 0. The predicted molar refractivity (Wildman–Crippen MR) is 84.9 cm³/mol. The summed E-state index contributed by atoms with van der Waals surface area (Å²) in [6, 6.07) is 1.28. The van der Waals surface area contributed by atoms with E-state index in [1.165, 1.54) is 19.4 Å². The normalized spacial score (nSPS) is 22.3. The second-order valence-electron chi connectivity index (χ2n) is 6.06. The minimum absolute atomic E-state index is 0.442. The Hall–Kier alpha value is -1.63. The smallest absolute Gasteiger partial charge is 0.231 e. The predicted octanol–water partition coefficient (Wildman–Crippen LogP) is 1.02. The summed E-state index contributed by atoms with van der Waals surface area (Å²) in [6.07, 6.45) is 3.90. The summed E-state index contributed by atoms with van der Waals surface area (Å²) in [4.78, 5) is 17.8. The summed E-state index contributed by atoms with van der Waals surface area (Å²) in [5.74, 6) is 1.99. The van der Waals surface area contributed by atoms with Crippen LogP contribution in [-0.2, 0) is 0 Å². The Morgan fingerprint density at radius 3 is 2.57 bits per heavy atom. The Kier molecular flexibility index (Phi) is 4.10. The fraction of sp³-hybridized carbons (Fsp3) is 0.786. The van der Waals surface area contributed by atoms with Crippen LogP contribution in [0.2, 0.25) is 0 Å². The SMILES string of the molecule is CCNc1nc(NC2CCN(C3CC3)C2)nc(N(C)C)n1. The molecule has 0 bridgehead atoms. The lowest BCUT2D eigenvalue weighted by Crippen LogP contribution is -2.28. The minimum atomic E-state index is 0.442. The first-order valence-electron chi connectivity index (χ1n) is 7.83. The lowest BCUT2D eigenvalue weighted by molar-refractivity contribution is 0.326. The first kappa shape index (κ1) is 14.3. The van der Waals surface area contributed by atoms with Gasteiger partial charge in [-0.05, 0) is 26.2 Å². The molecule has 21 heavy (non-hydrogen) atoms. The van der Waals surface area contributed by atoms with Crippen LogP contribution in [-0.4, -0.2) is 65.7 Å². The highest BCUT2D eigenvalue weighted by atomic mass is 15.3. The second-order valence-corrected chi connectivity index (χ2v) is 6.06. The van der Waals surface area contributed by atoms with Crippen LogP contribution in [0.15, 0.2) is 0 Å². The van der Waals surface area contributed by atoms with Gasteiger partial charge in [-0.25, -0.2) is 0 Å². The van der Waals surface area contributed by atoms with Gasteiger partial charge in [0.25, 0.3) is 0 Å². The van der Waals surface area contributed by atoms with Gasteiger partial charge in [0.2, 0.25) is 17.8 Å². The monoisotopic (exact) mass is 291 g/mol. The molecule has 2 N–H and O–H groups in total. The maximum Gasteiger partial charge on any atom is 0.231 e. The number of rotatable bonds is 6. The van der Waals surface area contributed by atoms with Gasteiger partial charge < -0.3 is 15.5 Å². The van der Waals surface area contributed by atoms with Gasteiger partial charge in [-0.15, -0.1) is 0 Å². The zero-order chi connectivity index (χ0) is 14.8. The molecule has 7 heteroatoms. The fourth-order valence-corrected chi connectivity index (χ4v) is 2.73. The highest BCUT2D eigenvalue weighted by Crippen LogP contribution is 2.30. The molecule has 0 radical (unpaired) electrons. The van der Waals surface area contributed by atoms with E-state index in [4.69, 9.17) is 0 Å². The summed E-state index contributed by atoms with van der Waals surface area (Å²) >= 11 is 0. The molecule has 7 nitrogen and oxygen atoms in total. The van der Waals surface area contributed by atoms with Crippen molar-refractivity contribution in [1.82, 2.24) is 19.9 Å². The molecule has 3 rings (SSSR count). The van der Waals surface area contributed by atoms with E-state index < -0.39 is 0 Å². The van der Waals surface area contributed by atoms with Crippen molar-refractivity contribution in [3.8, 4) is 0 Å². The molecule has 2 fully saturated rings. The van der Waals surface area contributed by atoms with E-state index in [1.54, 1.807) is 0 Å². The minimum Gasteiger partial charge on any atom is -0.354 e. The number of anilines is 3. The first-order valence-corrected chi connectivity index (χ1v) is 7.83. The molecule has 1 saturated heterocycles. The topological polar surface area (TPSA) is 69.2 Å². The summed E-state index contributed by atoms with van der Waals surface area (Å²) in [7, 11) is 3.89. The third kappa shape index (κ3) is 3.53. The van der Waals surface area contributed by atoms with Crippen molar-refractivity contribution in [3.05, 3.63) is 0 Å².